The topological polar surface area (TPSA) is 101 Å². The van der Waals surface area contributed by atoms with Crippen molar-refractivity contribution < 1.29 is 9.90 Å². The highest BCUT2D eigenvalue weighted by molar-refractivity contribution is 5.79. The van der Waals surface area contributed by atoms with Crippen LogP contribution in [-0.4, -0.2) is 33.9 Å². The molecule has 1 unspecified atom stereocenters. The number of aromatic nitrogens is 2. The second-order valence-electron chi connectivity index (χ2n) is 2.86. The maximum atomic E-state index is 10.5. The molecule has 0 aromatic carbocycles. The summed E-state index contributed by atoms with van der Waals surface area (Å²) in [6.45, 7) is 1.85. The number of amides is 1. The molecule has 1 aromatic rings. The molecule has 1 amide bonds. The van der Waals surface area contributed by atoms with Crippen LogP contribution in [0.5, 0.6) is 0 Å². The van der Waals surface area contributed by atoms with Crippen molar-refractivity contribution in [2.24, 2.45) is 5.73 Å². The van der Waals surface area contributed by atoms with Crippen LogP contribution in [0.4, 0.5) is 5.82 Å². The van der Waals surface area contributed by atoms with E-state index < -0.39 is 12.0 Å². The van der Waals surface area contributed by atoms with Crippen LogP contribution in [0.1, 0.15) is 5.69 Å². The van der Waals surface area contributed by atoms with Gasteiger partial charge in [-0.25, -0.2) is 0 Å². The largest absolute Gasteiger partial charge is 0.381 e. The predicted octanol–water partition coefficient (Wildman–Crippen LogP) is -0.957. The normalized spacial score (nSPS) is 12.1. The summed E-state index contributed by atoms with van der Waals surface area (Å²) in [4.78, 5) is 10.5. The third-order valence-corrected chi connectivity index (χ3v) is 1.60. The average molecular weight is 196 g/mol. The highest BCUT2D eigenvalue weighted by Gasteiger charge is 2.09. The molecule has 76 valence electrons. The summed E-state index contributed by atoms with van der Waals surface area (Å²) in [5, 5.41) is 19.4. The van der Waals surface area contributed by atoms with Crippen LogP contribution < -0.4 is 11.1 Å². The quantitative estimate of drug-likeness (QED) is 0.576. The average Bonchev–Trinajstić information content (AvgIpc) is 2.16. The molecular formula is C8H12N4O2. The van der Waals surface area contributed by atoms with Crippen LogP contribution in [0.25, 0.3) is 0 Å². The number of aryl methyl sites for hydroxylation is 1. The molecule has 1 aromatic heterocycles. The van der Waals surface area contributed by atoms with Crippen LogP contribution in [0.2, 0.25) is 0 Å². The molecule has 0 spiro atoms. The number of hydrogen-bond acceptors (Lipinski definition) is 5. The van der Waals surface area contributed by atoms with Crippen molar-refractivity contribution in [3.05, 3.63) is 17.8 Å². The summed E-state index contributed by atoms with van der Waals surface area (Å²) in [7, 11) is 0. The molecule has 0 radical (unpaired) electrons. The Morgan fingerprint density at radius 1 is 1.64 bits per heavy atom. The van der Waals surface area contributed by atoms with Crippen LogP contribution in [0.3, 0.4) is 0 Å². The number of nitrogens with two attached hydrogens (primary N) is 1. The third-order valence-electron chi connectivity index (χ3n) is 1.60. The Balaban J connectivity index is 2.46. The van der Waals surface area contributed by atoms with E-state index in [4.69, 9.17) is 10.8 Å². The van der Waals surface area contributed by atoms with Gasteiger partial charge in [0, 0.05) is 0 Å². The smallest absolute Gasteiger partial charge is 0.248 e. The fourth-order valence-electron chi connectivity index (χ4n) is 0.795. The van der Waals surface area contributed by atoms with Gasteiger partial charge in [-0.2, -0.15) is 5.10 Å². The Bertz CT molecular complexity index is 312. The summed E-state index contributed by atoms with van der Waals surface area (Å²) in [5.74, 6) is -0.270. The number of carbonyl (C=O) groups is 1. The Morgan fingerprint density at radius 3 is 2.86 bits per heavy atom. The zero-order valence-electron chi connectivity index (χ0n) is 7.77. The SMILES string of the molecule is Cc1ccc(NCC(O)C(N)=O)nn1. The fourth-order valence-corrected chi connectivity index (χ4v) is 0.795. The van der Waals surface area contributed by atoms with Gasteiger partial charge in [-0.15, -0.1) is 5.10 Å². The van der Waals surface area contributed by atoms with Gasteiger partial charge < -0.3 is 16.2 Å². The Kier molecular flexibility index (Phi) is 3.35. The van der Waals surface area contributed by atoms with Crippen molar-refractivity contribution >= 4 is 11.7 Å². The molecule has 1 atom stereocenters. The lowest BCUT2D eigenvalue weighted by atomic mass is 10.3. The molecule has 0 aliphatic rings. The summed E-state index contributed by atoms with van der Waals surface area (Å²) < 4.78 is 0. The van der Waals surface area contributed by atoms with Gasteiger partial charge in [-0.3, -0.25) is 4.79 Å². The first kappa shape index (κ1) is 10.4. The maximum absolute atomic E-state index is 10.5. The standard InChI is InChI=1S/C8H12N4O2/c1-5-2-3-7(12-11-5)10-4-6(13)8(9)14/h2-3,6,13H,4H2,1H3,(H2,9,14)(H,10,12). The van der Waals surface area contributed by atoms with Crippen molar-refractivity contribution in [3.63, 3.8) is 0 Å². The summed E-state index contributed by atoms with van der Waals surface area (Å²) in [6.07, 6.45) is -1.21. The van der Waals surface area contributed by atoms with Gasteiger partial charge in [0.15, 0.2) is 0 Å². The number of hydrogen-bond donors (Lipinski definition) is 3. The molecule has 0 saturated heterocycles. The molecule has 0 aliphatic carbocycles. The molecular weight excluding hydrogens is 184 g/mol. The molecule has 0 fully saturated rings. The Hall–Kier alpha value is -1.69. The van der Waals surface area contributed by atoms with Crippen molar-refractivity contribution in [2.45, 2.75) is 13.0 Å². The lowest BCUT2D eigenvalue weighted by Gasteiger charge is -2.07. The highest BCUT2D eigenvalue weighted by Crippen LogP contribution is 2.00. The molecule has 0 bridgehead atoms. The van der Waals surface area contributed by atoms with E-state index in [1.165, 1.54) is 0 Å². The number of anilines is 1. The molecule has 1 rings (SSSR count). The highest BCUT2D eigenvalue weighted by atomic mass is 16.3. The zero-order valence-corrected chi connectivity index (χ0v) is 7.77. The van der Waals surface area contributed by atoms with E-state index in [9.17, 15) is 4.79 Å². The van der Waals surface area contributed by atoms with E-state index in [0.29, 0.717) is 5.82 Å². The first-order chi connectivity index (χ1) is 6.59. The summed E-state index contributed by atoms with van der Waals surface area (Å²) in [5.41, 5.74) is 5.66. The van der Waals surface area contributed by atoms with Gasteiger partial charge in [-0.05, 0) is 19.1 Å². The van der Waals surface area contributed by atoms with E-state index >= 15 is 0 Å². The number of nitrogens with zero attached hydrogens (tertiary/aromatic N) is 2. The summed E-state index contributed by atoms with van der Waals surface area (Å²) in [6, 6.07) is 3.47. The molecule has 4 N–H and O–H groups in total. The van der Waals surface area contributed by atoms with E-state index in [1.807, 2.05) is 6.92 Å². The number of carbonyl (C=O) groups excluding carboxylic acids is 1. The fraction of sp³-hybridized carbons (Fsp3) is 0.375. The number of nitrogens with one attached hydrogen (secondary N) is 1. The molecule has 6 heteroatoms. The van der Waals surface area contributed by atoms with Crippen molar-refractivity contribution in [3.8, 4) is 0 Å². The lowest BCUT2D eigenvalue weighted by molar-refractivity contribution is -0.125. The van der Waals surface area contributed by atoms with Gasteiger partial charge in [0.2, 0.25) is 5.91 Å². The molecule has 0 saturated carbocycles. The second kappa shape index (κ2) is 4.52. The van der Waals surface area contributed by atoms with E-state index in [2.05, 4.69) is 15.5 Å². The van der Waals surface area contributed by atoms with Crippen LogP contribution in [-0.2, 0) is 4.79 Å². The monoisotopic (exact) mass is 196 g/mol. The second-order valence-corrected chi connectivity index (χ2v) is 2.86. The van der Waals surface area contributed by atoms with Gasteiger partial charge >= 0.3 is 0 Å². The Morgan fingerprint density at radius 2 is 2.36 bits per heavy atom. The number of primary amides is 1. The van der Waals surface area contributed by atoms with Crippen LogP contribution in [0.15, 0.2) is 12.1 Å². The first-order valence-corrected chi connectivity index (χ1v) is 4.11. The predicted molar refractivity (Wildman–Crippen MR) is 50.5 cm³/mol. The van der Waals surface area contributed by atoms with Crippen molar-refractivity contribution in [1.29, 1.82) is 0 Å². The van der Waals surface area contributed by atoms with Gasteiger partial charge in [0.25, 0.3) is 0 Å². The van der Waals surface area contributed by atoms with Crippen LogP contribution in [0, 0.1) is 6.92 Å². The van der Waals surface area contributed by atoms with E-state index in [1.54, 1.807) is 12.1 Å². The minimum atomic E-state index is -1.21. The molecule has 6 nitrogen and oxygen atoms in total. The minimum absolute atomic E-state index is 0.0348. The molecule has 0 aliphatic heterocycles. The van der Waals surface area contributed by atoms with Crippen molar-refractivity contribution in [1.82, 2.24) is 10.2 Å². The number of aliphatic hydroxyl groups is 1. The Labute approximate surface area is 81.1 Å². The maximum Gasteiger partial charge on any atom is 0.248 e. The number of rotatable bonds is 4. The van der Waals surface area contributed by atoms with E-state index in [0.717, 1.165) is 5.69 Å². The first-order valence-electron chi connectivity index (χ1n) is 4.11. The van der Waals surface area contributed by atoms with E-state index in [-0.39, 0.29) is 6.54 Å². The van der Waals surface area contributed by atoms with Gasteiger partial charge in [-0.1, -0.05) is 0 Å². The lowest BCUT2D eigenvalue weighted by Crippen LogP contribution is -2.34. The van der Waals surface area contributed by atoms with Gasteiger partial charge in [0.05, 0.1) is 12.2 Å². The van der Waals surface area contributed by atoms with Crippen LogP contribution >= 0.6 is 0 Å². The third kappa shape index (κ3) is 2.98. The molecule has 1 heterocycles. The zero-order chi connectivity index (χ0) is 10.6. The number of aliphatic hydroxyl groups excluding tert-OH is 1. The summed E-state index contributed by atoms with van der Waals surface area (Å²) >= 11 is 0. The minimum Gasteiger partial charge on any atom is -0.381 e. The van der Waals surface area contributed by atoms with Gasteiger partial charge in [0.1, 0.15) is 11.9 Å². The van der Waals surface area contributed by atoms with Crippen molar-refractivity contribution in [2.75, 3.05) is 11.9 Å². The molecule has 14 heavy (non-hydrogen) atoms.